The lowest BCUT2D eigenvalue weighted by Gasteiger charge is -2.22. The van der Waals surface area contributed by atoms with E-state index in [9.17, 15) is 0 Å². The first kappa shape index (κ1) is 11.3. The molecule has 1 aliphatic heterocycles. The van der Waals surface area contributed by atoms with Gasteiger partial charge in [0.15, 0.2) is 0 Å². The molecule has 1 aliphatic rings. The van der Waals surface area contributed by atoms with Gasteiger partial charge in [-0.05, 0) is 37.1 Å². The van der Waals surface area contributed by atoms with Crippen molar-refractivity contribution in [3.05, 3.63) is 36.2 Å². The zero-order chi connectivity index (χ0) is 12.5. The number of ether oxygens (including phenoxy) is 1. The fourth-order valence-corrected chi connectivity index (χ4v) is 2.44. The molecule has 2 aromatic rings. The first-order valence-corrected chi connectivity index (χ1v) is 6.22. The molecule has 18 heavy (non-hydrogen) atoms. The van der Waals surface area contributed by atoms with Gasteiger partial charge < -0.3 is 15.0 Å². The maximum Gasteiger partial charge on any atom is 0.140 e. The second-order valence-electron chi connectivity index (χ2n) is 4.71. The Morgan fingerprint density at radius 2 is 2.11 bits per heavy atom. The van der Waals surface area contributed by atoms with E-state index in [-0.39, 0.29) is 6.04 Å². The van der Waals surface area contributed by atoms with E-state index in [1.54, 1.807) is 7.11 Å². The van der Waals surface area contributed by atoms with E-state index >= 15 is 0 Å². The maximum atomic E-state index is 6.03. The molecule has 0 radical (unpaired) electrons. The molecule has 0 saturated carbocycles. The molecule has 2 N–H and O–H groups in total. The summed E-state index contributed by atoms with van der Waals surface area (Å²) in [6, 6.07) is 8.23. The Hall–Kier alpha value is -1.81. The van der Waals surface area contributed by atoms with Gasteiger partial charge in [-0.1, -0.05) is 0 Å². The summed E-state index contributed by atoms with van der Waals surface area (Å²) in [5.41, 5.74) is 8.42. The average molecular weight is 243 g/mol. The van der Waals surface area contributed by atoms with Crippen molar-refractivity contribution in [1.29, 1.82) is 0 Å². The van der Waals surface area contributed by atoms with Crippen molar-refractivity contribution in [2.24, 2.45) is 5.73 Å². The summed E-state index contributed by atoms with van der Waals surface area (Å²) in [4.78, 5) is 4.52. The summed E-state index contributed by atoms with van der Waals surface area (Å²) >= 11 is 0. The van der Waals surface area contributed by atoms with Crippen LogP contribution in [-0.4, -0.2) is 22.7 Å². The number of rotatable bonds is 2. The molecule has 0 amide bonds. The number of hydrogen-bond acceptors (Lipinski definition) is 3. The largest absolute Gasteiger partial charge is 0.497 e. The highest BCUT2D eigenvalue weighted by Gasteiger charge is 2.19. The van der Waals surface area contributed by atoms with E-state index < -0.39 is 0 Å². The normalized spacial score (nSPS) is 18.4. The monoisotopic (exact) mass is 243 g/mol. The number of aromatic nitrogens is 2. The molecule has 4 heteroatoms. The third-order valence-corrected chi connectivity index (χ3v) is 3.47. The summed E-state index contributed by atoms with van der Waals surface area (Å²) in [6.07, 6.45) is 4.03. The van der Waals surface area contributed by atoms with Crippen molar-refractivity contribution in [3.63, 3.8) is 0 Å². The number of fused-ring (bicyclic) bond motifs is 1. The van der Waals surface area contributed by atoms with Gasteiger partial charge in [-0.3, -0.25) is 0 Å². The van der Waals surface area contributed by atoms with Crippen molar-refractivity contribution < 1.29 is 4.74 Å². The zero-order valence-electron chi connectivity index (χ0n) is 10.5. The van der Waals surface area contributed by atoms with E-state index in [4.69, 9.17) is 10.5 Å². The number of imidazole rings is 1. The summed E-state index contributed by atoms with van der Waals surface area (Å²) < 4.78 is 7.40. The van der Waals surface area contributed by atoms with Gasteiger partial charge in [0.1, 0.15) is 11.6 Å². The summed E-state index contributed by atoms with van der Waals surface area (Å²) in [5.74, 6) is 1.86. The lowest BCUT2D eigenvalue weighted by Crippen LogP contribution is -2.31. The molecule has 1 aromatic carbocycles. The number of methoxy groups -OCH3 is 1. The quantitative estimate of drug-likeness (QED) is 0.875. The van der Waals surface area contributed by atoms with Crippen molar-refractivity contribution in [2.75, 3.05) is 7.11 Å². The van der Waals surface area contributed by atoms with Gasteiger partial charge in [-0.15, -0.1) is 0 Å². The van der Waals surface area contributed by atoms with E-state index in [2.05, 4.69) is 9.55 Å². The molecule has 0 bridgehead atoms. The van der Waals surface area contributed by atoms with E-state index in [0.717, 1.165) is 36.5 Å². The minimum absolute atomic E-state index is 0.240. The maximum absolute atomic E-state index is 6.03. The van der Waals surface area contributed by atoms with Crippen LogP contribution < -0.4 is 10.5 Å². The second kappa shape index (κ2) is 4.46. The topological polar surface area (TPSA) is 53.1 Å². The Morgan fingerprint density at radius 1 is 1.33 bits per heavy atom. The Morgan fingerprint density at radius 3 is 2.83 bits per heavy atom. The lowest BCUT2D eigenvalue weighted by molar-refractivity contribution is 0.415. The molecule has 0 aliphatic carbocycles. The molecule has 94 valence electrons. The molecule has 2 heterocycles. The predicted octanol–water partition coefficient (Wildman–Crippen LogP) is 1.83. The van der Waals surface area contributed by atoms with Crippen LogP contribution in [0.25, 0.3) is 11.4 Å². The average Bonchev–Trinajstić information content (AvgIpc) is 2.82. The van der Waals surface area contributed by atoms with Crippen LogP contribution in [0.15, 0.2) is 30.5 Å². The molecular formula is C14H17N3O. The summed E-state index contributed by atoms with van der Waals surface area (Å²) in [5, 5.41) is 0. The number of aryl methyl sites for hydroxylation is 1. The molecule has 1 aromatic heterocycles. The highest BCUT2D eigenvalue weighted by molar-refractivity contribution is 5.57. The first-order chi connectivity index (χ1) is 8.78. The summed E-state index contributed by atoms with van der Waals surface area (Å²) in [7, 11) is 1.67. The van der Waals surface area contributed by atoms with Crippen molar-refractivity contribution in [3.8, 4) is 17.1 Å². The standard InChI is InChI=1S/C14H17N3O/c1-18-13-6-2-10(3-7-13)14-16-8-12-5-4-11(15)9-17(12)14/h2-3,6-8,11H,4-5,9,15H2,1H3. The minimum Gasteiger partial charge on any atom is -0.497 e. The Kier molecular flexibility index (Phi) is 2.80. The molecule has 4 nitrogen and oxygen atoms in total. The zero-order valence-corrected chi connectivity index (χ0v) is 10.5. The van der Waals surface area contributed by atoms with Gasteiger partial charge in [-0.2, -0.15) is 0 Å². The highest BCUT2D eigenvalue weighted by atomic mass is 16.5. The van der Waals surface area contributed by atoms with E-state index in [1.165, 1.54) is 5.69 Å². The van der Waals surface area contributed by atoms with Crippen LogP contribution in [0.1, 0.15) is 12.1 Å². The fraction of sp³-hybridized carbons (Fsp3) is 0.357. The highest BCUT2D eigenvalue weighted by Crippen LogP contribution is 2.25. The number of hydrogen-bond donors (Lipinski definition) is 1. The molecular weight excluding hydrogens is 226 g/mol. The van der Waals surface area contributed by atoms with Gasteiger partial charge in [0.25, 0.3) is 0 Å². The van der Waals surface area contributed by atoms with Gasteiger partial charge in [0.05, 0.1) is 7.11 Å². The first-order valence-electron chi connectivity index (χ1n) is 6.22. The number of nitrogens with zero attached hydrogens (tertiary/aromatic N) is 2. The Bertz CT molecular complexity index is 545. The lowest BCUT2D eigenvalue weighted by atomic mass is 10.1. The third-order valence-electron chi connectivity index (χ3n) is 3.47. The molecule has 1 unspecified atom stereocenters. The van der Waals surface area contributed by atoms with E-state index in [1.807, 2.05) is 30.5 Å². The van der Waals surface area contributed by atoms with Gasteiger partial charge >= 0.3 is 0 Å². The Balaban J connectivity index is 1.98. The molecule has 0 saturated heterocycles. The molecule has 0 spiro atoms. The smallest absolute Gasteiger partial charge is 0.140 e. The SMILES string of the molecule is COc1ccc(-c2ncc3n2CC(N)CC3)cc1. The van der Waals surface area contributed by atoms with Crippen LogP contribution in [0.5, 0.6) is 5.75 Å². The van der Waals surface area contributed by atoms with Gasteiger partial charge in [-0.25, -0.2) is 4.98 Å². The summed E-state index contributed by atoms with van der Waals surface area (Å²) in [6.45, 7) is 0.858. The van der Waals surface area contributed by atoms with Gasteiger partial charge in [0.2, 0.25) is 0 Å². The third kappa shape index (κ3) is 1.88. The van der Waals surface area contributed by atoms with Crippen molar-refractivity contribution in [2.45, 2.75) is 25.4 Å². The number of benzene rings is 1. The van der Waals surface area contributed by atoms with Gasteiger partial charge in [0, 0.05) is 30.0 Å². The fourth-order valence-electron chi connectivity index (χ4n) is 2.44. The molecule has 0 fully saturated rings. The van der Waals surface area contributed by atoms with Crippen LogP contribution in [0, 0.1) is 0 Å². The van der Waals surface area contributed by atoms with Crippen LogP contribution in [0.3, 0.4) is 0 Å². The number of nitrogens with two attached hydrogens (primary N) is 1. The van der Waals surface area contributed by atoms with Crippen LogP contribution in [-0.2, 0) is 13.0 Å². The van der Waals surface area contributed by atoms with Crippen LogP contribution in [0.2, 0.25) is 0 Å². The molecule has 3 rings (SSSR count). The predicted molar refractivity (Wildman–Crippen MR) is 70.5 cm³/mol. The van der Waals surface area contributed by atoms with Crippen molar-refractivity contribution >= 4 is 0 Å². The van der Waals surface area contributed by atoms with Crippen LogP contribution in [0.4, 0.5) is 0 Å². The molecule has 1 atom stereocenters. The van der Waals surface area contributed by atoms with Crippen molar-refractivity contribution in [1.82, 2.24) is 9.55 Å². The minimum atomic E-state index is 0.240. The van der Waals surface area contributed by atoms with Crippen LogP contribution >= 0.6 is 0 Å². The second-order valence-corrected chi connectivity index (χ2v) is 4.71. The Labute approximate surface area is 106 Å². The van der Waals surface area contributed by atoms with E-state index in [0.29, 0.717) is 0 Å².